The molecule has 1 N–H and O–H groups in total. The average molecular weight is 409 g/mol. The third-order valence-corrected chi connectivity index (χ3v) is 5.56. The van der Waals surface area contributed by atoms with Crippen LogP contribution in [0.1, 0.15) is 38.8 Å². The zero-order chi connectivity index (χ0) is 18.7. The van der Waals surface area contributed by atoms with Gasteiger partial charge in [-0.05, 0) is 38.4 Å². The van der Waals surface area contributed by atoms with E-state index in [0.29, 0.717) is 17.2 Å². The van der Waals surface area contributed by atoms with E-state index in [9.17, 15) is 9.59 Å². The van der Waals surface area contributed by atoms with Crippen LogP contribution < -0.4 is 5.32 Å². The van der Waals surface area contributed by atoms with Crippen LogP contribution in [0.15, 0.2) is 24.3 Å². The number of nitrogens with zero attached hydrogens (tertiary/aromatic N) is 1. The number of fused-ring (bicyclic) bond motifs is 1. The number of nitrogens with one attached hydrogen (secondary N) is 1. The zero-order valence-corrected chi connectivity index (χ0v) is 17.5. The number of carbonyl (C=O) groups excluding carboxylic acids is 2. The van der Waals surface area contributed by atoms with Gasteiger partial charge in [0, 0.05) is 18.0 Å². The lowest BCUT2D eigenvalue weighted by molar-refractivity contribution is -0.115. The number of aryl methyl sites for hydroxylation is 1. The van der Waals surface area contributed by atoms with Crippen molar-refractivity contribution in [2.24, 2.45) is 0 Å². The lowest BCUT2D eigenvalue weighted by Gasteiger charge is -2.22. The van der Waals surface area contributed by atoms with Gasteiger partial charge < -0.3 is 15.0 Å². The molecule has 0 aliphatic carbocycles. The van der Waals surface area contributed by atoms with Gasteiger partial charge in [0.1, 0.15) is 5.00 Å². The number of amides is 1. The molecule has 0 saturated carbocycles. The Bertz CT molecular complexity index is 835. The molecule has 1 amide bonds. The second kappa shape index (κ2) is 9.35. The second-order valence-electron chi connectivity index (χ2n) is 6.63. The van der Waals surface area contributed by atoms with Gasteiger partial charge in [-0.2, -0.15) is 0 Å². The zero-order valence-electron chi connectivity index (χ0n) is 15.8. The first-order valence-corrected chi connectivity index (χ1v) is 9.65. The number of carbonyl (C=O) groups is 2. The molecule has 1 aromatic heterocycles. The SMILES string of the molecule is CCOC(=O)c1c(NC(=O)Cc2cccc(C)c2)sc2c1CCN(C)C2.Cl. The van der Waals surface area contributed by atoms with Crippen LogP contribution in [0.4, 0.5) is 5.00 Å². The summed E-state index contributed by atoms with van der Waals surface area (Å²) in [5.41, 5.74) is 3.65. The summed E-state index contributed by atoms with van der Waals surface area (Å²) in [4.78, 5) is 28.4. The van der Waals surface area contributed by atoms with Gasteiger partial charge in [0.2, 0.25) is 5.91 Å². The number of anilines is 1. The van der Waals surface area contributed by atoms with Gasteiger partial charge in [0.25, 0.3) is 0 Å². The number of hydrogen-bond donors (Lipinski definition) is 1. The fourth-order valence-corrected chi connectivity index (χ4v) is 4.55. The molecule has 0 atom stereocenters. The van der Waals surface area contributed by atoms with E-state index >= 15 is 0 Å². The minimum Gasteiger partial charge on any atom is -0.462 e. The van der Waals surface area contributed by atoms with Crippen molar-refractivity contribution in [2.75, 3.05) is 25.5 Å². The van der Waals surface area contributed by atoms with Crippen molar-refractivity contribution in [2.45, 2.75) is 33.2 Å². The summed E-state index contributed by atoms with van der Waals surface area (Å²) in [5.74, 6) is -0.464. The van der Waals surface area contributed by atoms with Crippen molar-refractivity contribution in [1.29, 1.82) is 0 Å². The lowest BCUT2D eigenvalue weighted by atomic mass is 10.0. The van der Waals surface area contributed by atoms with Gasteiger partial charge in [0.05, 0.1) is 18.6 Å². The Morgan fingerprint density at radius 3 is 2.81 bits per heavy atom. The summed E-state index contributed by atoms with van der Waals surface area (Å²) in [6.07, 6.45) is 1.08. The van der Waals surface area contributed by atoms with Crippen molar-refractivity contribution in [3.8, 4) is 0 Å². The molecule has 0 unspecified atom stereocenters. The third kappa shape index (κ3) is 5.09. The highest BCUT2D eigenvalue weighted by Crippen LogP contribution is 2.37. The predicted molar refractivity (Wildman–Crippen MR) is 111 cm³/mol. The maximum absolute atomic E-state index is 12.5. The maximum Gasteiger partial charge on any atom is 0.341 e. The molecule has 0 radical (unpaired) electrons. The molecule has 3 rings (SSSR count). The molecule has 2 heterocycles. The summed E-state index contributed by atoms with van der Waals surface area (Å²) < 4.78 is 5.24. The van der Waals surface area contributed by atoms with Crippen LogP contribution >= 0.6 is 23.7 Å². The topological polar surface area (TPSA) is 58.6 Å². The number of hydrogen-bond acceptors (Lipinski definition) is 5. The highest BCUT2D eigenvalue weighted by molar-refractivity contribution is 7.17. The molecule has 0 saturated heterocycles. The monoisotopic (exact) mass is 408 g/mol. The highest BCUT2D eigenvalue weighted by Gasteiger charge is 2.28. The second-order valence-corrected chi connectivity index (χ2v) is 7.74. The Labute approximate surface area is 170 Å². The van der Waals surface area contributed by atoms with E-state index in [1.165, 1.54) is 11.3 Å². The summed E-state index contributed by atoms with van der Waals surface area (Å²) in [5, 5.41) is 3.56. The molecular formula is C20H25ClN2O3S. The van der Waals surface area contributed by atoms with Gasteiger partial charge >= 0.3 is 5.97 Å². The van der Waals surface area contributed by atoms with Crippen LogP contribution in [0.25, 0.3) is 0 Å². The first kappa shape index (κ1) is 21.4. The van der Waals surface area contributed by atoms with E-state index in [1.54, 1.807) is 6.92 Å². The fourth-order valence-electron chi connectivity index (χ4n) is 3.22. The van der Waals surface area contributed by atoms with Gasteiger partial charge in [-0.15, -0.1) is 23.7 Å². The summed E-state index contributed by atoms with van der Waals surface area (Å²) in [6.45, 7) is 5.80. The largest absolute Gasteiger partial charge is 0.462 e. The van der Waals surface area contributed by atoms with E-state index in [0.717, 1.165) is 41.1 Å². The van der Waals surface area contributed by atoms with Crippen LogP contribution in [0.3, 0.4) is 0 Å². The smallest absolute Gasteiger partial charge is 0.341 e. The molecule has 0 spiro atoms. The molecule has 0 fully saturated rings. The van der Waals surface area contributed by atoms with E-state index in [2.05, 4.69) is 17.3 Å². The molecule has 7 heteroatoms. The minimum atomic E-state index is -0.347. The van der Waals surface area contributed by atoms with Gasteiger partial charge in [0.15, 0.2) is 0 Å². The molecule has 5 nitrogen and oxygen atoms in total. The number of rotatable bonds is 5. The third-order valence-electron chi connectivity index (χ3n) is 4.43. The van der Waals surface area contributed by atoms with Gasteiger partial charge in [-0.1, -0.05) is 29.8 Å². The van der Waals surface area contributed by atoms with E-state index in [1.807, 2.05) is 31.2 Å². The Kier molecular flexibility index (Phi) is 7.41. The molecule has 1 aliphatic heterocycles. The standard InChI is InChI=1S/C20H24N2O3S.ClH/c1-4-25-20(24)18-15-8-9-22(3)12-16(15)26-19(18)21-17(23)11-14-7-5-6-13(2)10-14;/h5-7,10H,4,8-9,11-12H2,1-3H3,(H,21,23);1H. The molecule has 2 aromatic rings. The number of benzene rings is 1. The number of halogens is 1. The van der Waals surface area contributed by atoms with Crippen LogP contribution in [-0.2, 0) is 28.9 Å². The number of likely N-dealkylation sites (N-methyl/N-ethyl adjacent to an activating group) is 1. The fraction of sp³-hybridized carbons (Fsp3) is 0.400. The average Bonchev–Trinajstić information content (AvgIpc) is 2.91. The normalized spacial score (nSPS) is 13.4. The highest BCUT2D eigenvalue weighted by atomic mass is 35.5. The van der Waals surface area contributed by atoms with Crippen LogP contribution in [-0.4, -0.2) is 37.0 Å². The van der Waals surface area contributed by atoms with Crippen molar-refractivity contribution in [3.05, 3.63) is 51.4 Å². The van der Waals surface area contributed by atoms with Crippen LogP contribution in [0.5, 0.6) is 0 Å². The Hall–Kier alpha value is -1.89. The van der Waals surface area contributed by atoms with Crippen LogP contribution in [0, 0.1) is 6.92 Å². The maximum atomic E-state index is 12.5. The predicted octanol–water partition coefficient (Wildman–Crippen LogP) is 3.82. The molecule has 27 heavy (non-hydrogen) atoms. The molecule has 1 aliphatic rings. The first-order chi connectivity index (χ1) is 12.5. The number of esters is 1. The summed E-state index contributed by atoms with van der Waals surface area (Å²) in [6, 6.07) is 7.89. The Morgan fingerprint density at radius 2 is 2.11 bits per heavy atom. The summed E-state index contributed by atoms with van der Waals surface area (Å²) in [7, 11) is 2.06. The molecule has 0 bridgehead atoms. The van der Waals surface area contributed by atoms with Crippen molar-refractivity contribution < 1.29 is 14.3 Å². The van der Waals surface area contributed by atoms with Crippen LogP contribution in [0.2, 0.25) is 0 Å². The Morgan fingerprint density at radius 1 is 1.33 bits per heavy atom. The van der Waals surface area contributed by atoms with Gasteiger partial charge in [-0.3, -0.25) is 4.79 Å². The first-order valence-electron chi connectivity index (χ1n) is 8.83. The van der Waals surface area contributed by atoms with E-state index in [4.69, 9.17) is 4.74 Å². The van der Waals surface area contributed by atoms with Crippen molar-refractivity contribution in [3.63, 3.8) is 0 Å². The van der Waals surface area contributed by atoms with E-state index in [-0.39, 0.29) is 30.7 Å². The number of ether oxygens (including phenoxy) is 1. The van der Waals surface area contributed by atoms with Gasteiger partial charge in [-0.25, -0.2) is 4.79 Å². The van der Waals surface area contributed by atoms with Crippen molar-refractivity contribution >= 4 is 40.6 Å². The summed E-state index contributed by atoms with van der Waals surface area (Å²) >= 11 is 1.49. The molecular weight excluding hydrogens is 384 g/mol. The van der Waals surface area contributed by atoms with E-state index < -0.39 is 0 Å². The lowest BCUT2D eigenvalue weighted by Crippen LogP contribution is -2.26. The molecule has 146 valence electrons. The minimum absolute atomic E-state index is 0. The van der Waals surface area contributed by atoms with Crippen molar-refractivity contribution in [1.82, 2.24) is 4.90 Å². The Balaban J connectivity index is 0.00000261. The quantitative estimate of drug-likeness (QED) is 0.764. The number of thiophene rings is 1. The molecule has 1 aromatic carbocycles.